The number of hydrogen-bond acceptors (Lipinski definition) is 0. The molecule has 0 unspecified atom stereocenters. The van der Waals surface area contributed by atoms with Gasteiger partial charge in [-0.3, -0.25) is 0 Å². The van der Waals surface area contributed by atoms with Crippen molar-refractivity contribution in [2.75, 3.05) is 0 Å². The van der Waals surface area contributed by atoms with Crippen LogP contribution in [-0.2, 0) is 0 Å². The van der Waals surface area contributed by atoms with Crippen LogP contribution in [0.1, 0.15) is 12.0 Å². The maximum absolute atomic E-state index is 2.22. The summed E-state index contributed by atoms with van der Waals surface area (Å²) in [5.74, 6) is 0. The zero-order valence-corrected chi connectivity index (χ0v) is 9.64. The van der Waals surface area contributed by atoms with E-state index in [4.69, 9.17) is 0 Å². The van der Waals surface area contributed by atoms with Crippen molar-refractivity contribution in [3.63, 3.8) is 0 Å². The molecule has 0 atom stereocenters. The third-order valence-electron chi connectivity index (χ3n) is 3.12. The number of fused-ring (bicyclic) bond motifs is 2. The molecule has 0 heterocycles. The minimum Gasteiger partial charge on any atom is -0.0622 e. The quantitative estimate of drug-likeness (QED) is 0.653. The van der Waals surface area contributed by atoms with E-state index in [0.29, 0.717) is 0 Å². The topological polar surface area (TPSA) is 0 Å². The molecule has 0 aliphatic heterocycles. The van der Waals surface area contributed by atoms with Gasteiger partial charge in [0.1, 0.15) is 0 Å². The summed E-state index contributed by atoms with van der Waals surface area (Å²) in [6, 6.07) is 10.6. The first-order valence-corrected chi connectivity index (χ1v) is 5.94. The van der Waals surface area contributed by atoms with E-state index in [1.54, 1.807) is 0 Å². The molecule has 2 aliphatic carbocycles. The molecule has 2 aliphatic rings. The average molecular weight is 218 g/mol. The van der Waals surface area contributed by atoms with E-state index in [-0.39, 0.29) is 0 Å². The van der Waals surface area contributed by atoms with Gasteiger partial charge in [-0.2, -0.15) is 0 Å². The first kappa shape index (κ1) is 10.1. The van der Waals surface area contributed by atoms with Crippen molar-refractivity contribution in [2.24, 2.45) is 0 Å². The highest BCUT2D eigenvalue weighted by molar-refractivity contribution is 5.82. The molecule has 0 fully saturated rings. The SMILES string of the molecule is C1=CC=C2CC(=C1)C=CC=C2c1ccccc1. The van der Waals surface area contributed by atoms with Crippen LogP contribution in [0.2, 0.25) is 0 Å². The number of benzene rings is 1. The molecule has 0 saturated carbocycles. The van der Waals surface area contributed by atoms with E-state index in [0.717, 1.165) is 6.42 Å². The van der Waals surface area contributed by atoms with Gasteiger partial charge in [0.25, 0.3) is 0 Å². The van der Waals surface area contributed by atoms with Crippen LogP contribution in [0.25, 0.3) is 5.57 Å². The van der Waals surface area contributed by atoms with Gasteiger partial charge in [-0.25, -0.2) is 0 Å². The van der Waals surface area contributed by atoms with Crippen molar-refractivity contribution in [2.45, 2.75) is 6.42 Å². The molecule has 1 aromatic rings. The van der Waals surface area contributed by atoms with E-state index in [2.05, 4.69) is 72.9 Å². The van der Waals surface area contributed by atoms with E-state index in [1.165, 1.54) is 22.3 Å². The second-order valence-electron chi connectivity index (χ2n) is 4.30. The van der Waals surface area contributed by atoms with Crippen LogP contribution >= 0.6 is 0 Å². The molecule has 2 bridgehead atoms. The standard InChI is InChI=1S/C17H14/c1-2-9-15(10-3-1)17-12-6-8-14-7-4-5-11-16(17)13-14/h1-12H,13H2. The van der Waals surface area contributed by atoms with Crippen molar-refractivity contribution in [1.29, 1.82) is 0 Å². The van der Waals surface area contributed by atoms with E-state index in [9.17, 15) is 0 Å². The molecule has 0 radical (unpaired) electrons. The maximum atomic E-state index is 2.22. The molecule has 0 heteroatoms. The predicted molar refractivity (Wildman–Crippen MR) is 73.5 cm³/mol. The molecular weight excluding hydrogens is 204 g/mol. The lowest BCUT2D eigenvalue weighted by atomic mass is 9.94. The van der Waals surface area contributed by atoms with Gasteiger partial charge < -0.3 is 0 Å². The number of rotatable bonds is 1. The van der Waals surface area contributed by atoms with E-state index in [1.807, 2.05) is 0 Å². The van der Waals surface area contributed by atoms with Crippen LogP contribution in [0.5, 0.6) is 0 Å². The zero-order chi connectivity index (χ0) is 11.5. The minimum atomic E-state index is 1.02. The largest absolute Gasteiger partial charge is 0.0622 e. The Kier molecular flexibility index (Phi) is 2.63. The fraction of sp³-hybridized carbons (Fsp3) is 0.0588. The summed E-state index contributed by atoms with van der Waals surface area (Å²) in [6.45, 7) is 0. The van der Waals surface area contributed by atoms with Gasteiger partial charge in [-0.1, -0.05) is 72.9 Å². The van der Waals surface area contributed by atoms with Crippen LogP contribution in [-0.4, -0.2) is 0 Å². The second-order valence-corrected chi connectivity index (χ2v) is 4.30. The Morgan fingerprint density at radius 2 is 1.59 bits per heavy atom. The summed E-state index contributed by atoms with van der Waals surface area (Å²) in [7, 11) is 0. The summed E-state index contributed by atoms with van der Waals surface area (Å²) < 4.78 is 0. The molecular formula is C17H14. The molecule has 0 spiro atoms. The van der Waals surface area contributed by atoms with Crippen molar-refractivity contribution >= 4 is 5.57 Å². The molecule has 82 valence electrons. The van der Waals surface area contributed by atoms with Gasteiger partial charge in [0, 0.05) is 0 Å². The van der Waals surface area contributed by atoms with Gasteiger partial charge in [0.05, 0.1) is 0 Å². The molecule has 0 N–H and O–H groups in total. The van der Waals surface area contributed by atoms with E-state index < -0.39 is 0 Å². The number of hydrogen-bond donors (Lipinski definition) is 0. The zero-order valence-electron chi connectivity index (χ0n) is 9.64. The van der Waals surface area contributed by atoms with Crippen LogP contribution in [0.3, 0.4) is 0 Å². The van der Waals surface area contributed by atoms with Gasteiger partial charge >= 0.3 is 0 Å². The normalized spacial score (nSPS) is 17.8. The summed E-state index contributed by atoms with van der Waals surface area (Å²) >= 11 is 0. The van der Waals surface area contributed by atoms with Gasteiger partial charge in [0.15, 0.2) is 0 Å². The fourth-order valence-electron chi connectivity index (χ4n) is 2.26. The molecule has 0 nitrogen and oxygen atoms in total. The summed E-state index contributed by atoms with van der Waals surface area (Å²) in [5, 5.41) is 0. The first-order chi connectivity index (χ1) is 8.43. The molecule has 1 aromatic carbocycles. The van der Waals surface area contributed by atoms with Gasteiger partial charge in [0.2, 0.25) is 0 Å². The lowest BCUT2D eigenvalue weighted by Gasteiger charge is -2.10. The Morgan fingerprint density at radius 1 is 0.765 bits per heavy atom. The molecule has 0 amide bonds. The molecule has 0 saturated heterocycles. The summed E-state index contributed by atoms with van der Waals surface area (Å²) in [6.07, 6.45) is 16.2. The number of allylic oxidation sites excluding steroid dienone is 10. The highest BCUT2D eigenvalue weighted by Crippen LogP contribution is 2.31. The molecule has 17 heavy (non-hydrogen) atoms. The van der Waals surface area contributed by atoms with Crippen molar-refractivity contribution in [3.05, 3.63) is 89.6 Å². The van der Waals surface area contributed by atoms with Crippen molar-refractivity contribution in [1.82, 2.24) is 0 Å². The Labute approximate surface area is 102 Å². The molecule has 3 rings (SSSR count). The Balaban J connectivity index is 2.09. The smallest absolute Gasteiger partial charge is 0.00196 e. The van der Waals surface area contributed by atoms with Gasteiger partial charge in [-0.05, 0) is 28.7 Å². The van der Waals surface area contributed by atoms with Crippen LogP contribution in [0.15, 0.2) is 84.0 Å². The molecule has 0 aromatic heterocycles. The Morgan fingerprint density at radius 3 is 2.47 bits per heavy atom. The fourth-order valence-corrected chi connectivity index (χ4v) is 2.26. The maximum Gasteiger partial charge on any atom is -0.00196 e. The van der Waals surface area contributed by atoms with E-state index >= 15 is 0 Å². The second kappa shape index (κ2) is 4.42. The van der Waals surface area contributed by atoms with Crippen molar-refractivity contribution < 1.29 is 0 Å². The van der Waals surface area contributed by atoms with Crippen LogP contribution in [0, 0.1) is 0 Å². The monoisotopic (exact) mass is 218 g/mol. The van der Waals surface area contributed by atoms with Gasteiger partial charge in [-0.15, -0.1) is 0 Å². The first-order valence-electron chi connectivity index (χ1n) is 5.94. The highest BCUT2D eigenvalue weighted by atomic mass is 14.2. The van der Waals surface area contributed by atoms with Crippen LogP contribution < -0.4 is 0 Å². The summed E-state index contributed by atoms with van der Waals surface area (Å²) in [5.41, 5.74) is 5.38. The average Bonchev–Trinajstić information content (AvgIpc) is 2.73. The lowest BCUT2D eigenvalue weighted by Crippen LogP contribution is -1.89. The summed E-state index contributed by atoms with van der Waals surface area (Å²) in [4.78, 5) is 0. The third-order valence-corrected chi connectivity index (χ3v) is 3.12. The third kappa shape index (κ3) is 2.07. The predicted octanol–water partition coefficient (Wildman–Crippen LogP) is 4.45. The van der Waals surface area contributed by atoms with Crippen molar-refractivity contribution in [3.8, 4) is 0 Å². The Bertz CT molecular complexity index is 563. The lowest BCUT2D eigenvalue weighted by molar-refractivity contribution is 1.23. The highest BCUT2D eigenvalue weighted by Gasteiger charge is 2.11. The minimum absolute atomic E-state index is 1.02. The van der Waals surface area contributed by atoms with Crippen LogP contribution in [0.4, 0.5) is 0 Å². The Hall–Kier alpha value is -2.08.